The number of aryl methyl sites for hydroxylation is 1. The minimum Gasteiger partial charge on any atom is -0.463 e. The van der Waals surface area contributed by atoms with Crippen molar-refractivity contribution in [2.45, 2.75) is 38.4 Å². The molecule has 1 saturated carbocycles. The molecule has 0 bridgehead atoms. The molecule has 1 aromatic carbocycles. The molecule has 2 aliphatic rings. The van der Waals surface area contributed by atoms with E-state index in [0.717, 1.165) is 16.4 Å². The molecular weight excluding hydrogens is 493 g/mol. The number of rotatable bonds is 3. The van der Waals surface area contributed by atoms with Gasteiger partial charge in [0.1, 0.15) is 5.69 Å². The lowest BCUT2D eigenvalue weighted by atomic mass is 10.1. The van der Waals surface area contributed by atoms with Crippen LogP contribution in [-0.4, -0.2) is 39.3 Å². The maximum absolute atomic E-state index is 12.4. The Labute approximate surface area is 176 Å². The number of carbonyl (C=O) groups is 3. The smallest absolute Gasteiger partial charge is 0.376 e. The molecule has 1 aliphatic carbocycles. The maximum atomic E-state index is 12.4. The Kier molecular flexibility index (Phi) is 5.24. The number of halogens is 1. The molecule has 0 amide bonds. The van der Waals surface area contributed by atoms with Gasteiger partial charge in [0.25, 0.3) is 5.79 Å². The Balaban J connectivity index is 1.58. The Morgan fingerprint density at radius 2 is 1.72 bits per heavy atom. The molecule has 0 radical (unpaired) electrons. The summed E-state index contributed by atoms with van der Waals surface area (Å²) in [6.45, 7) is 1.64. The molecule has 9 heteroatoms. The fraction of sp³-hybridized carbons (Fsp3) is 0.350. The lowest BCUT2D eigenvalue weighted by molar-refractivity contribution is -0.224. The SMILES string of the molecule is COC(=O)c1oc(C)nc1-c1ccc(I=C2C(=O)OC3(CCCC3)OC2=O)cc1. The van der Waals surface area contributed by atoms with Gasteiger partial charge in [-0.1, -0.05) is 32.9 Å². The minimum atomic E-state index is -1.08. The van der Waals surface area contributed by atoms with Gasteiger partial charge in [0, 0.05) is 28.9 Å². The van der Waals surface area contributed by atoms with Crippen molar-refractivity contribution in [3.8, 4) is 11.3 Å². The van der Waals surface area contributed by atoms with Crippen molar-refractivity contribution in [1.82, 2.24) is 4.98 Å². The molecule has 8 nitrogen and oxygen atoms in total. The second-order valence-corrected chi connectivity index (χ2v) is 9.58. The van der Waals surface area contributed by atoms with E-state index in [1.54, 1.807) is 31.2 Å². The van der Waals surface area contributed by atoms with Crippen LogP contribution in [0.5, 0.6) is 0 Å². The van der Waals surface area contributed by atoms with Gasteiger partial charge in [0.2, 0.25) is 5.76 Å². The van der Waals surface area contributed by atoms with Crippen LogP contribution < -0.4 is 0 Å². The number of esters is 3. The summed E-state index contributed by atoms with van der Waals surface area (Å²) in [6, 6.07) is 7.11. The lowest BCUT2D eigenvalue weighted by Crippen LogP contribution is -2.48. The van der Waals surface area contributed by atoms with Crippen molar-refractivity contribution in [2.24, 2.45) is 0 Å². The number of hydrogen-bond donors (Lipinski definition) is 0. The highest BCUT2D eigenvalue weighted by atomic mass is 127. The minimum absolute atomic E-state index is 0.0307. The molecule has 1 saturated heterocycles. The number of nitrogens with zero attached hydrogens (tertiary/aromatic N) is 1. The fourth-order valence-electron chi connectivity index (χ4n) is 3.36. The van der Waals surface area contributed by atoms with E-state index >= 15 is 0 Å². The van der Waals surface area contributed by atoms with Crippen molar-refractivity contribution in [2.75, 3.05) is 7.11 Å². The zero-order valence-corrected chi connectivity index (χ0v) is 18.0. The molecule has 0 atom stereocenters. The second kappa shape index (κ2) is 7.69. The summed E-state index contributed by atoms with van der Waals surface area (Å²) < 4.78 is 21.9. The van der Waals surface area contributed by atoms with Crippen LogP contribution in [0.15, 0.2) is 28.7 Å². The van der Waals surface area contributed by atoms with E-state index in [4.69, 9.17) is 18.6 Å². The topological polar surface area (TPSA) is 105 Å². The standard InChI is InChI=1S/C20H18INO7/c1-11-22-15(16(27-11)19(25)26-2)12-5-7-13(8-6-12)21-14-17(23)28-20(29-18(14)24)9-3-4-10-20/h5-8H,3-4,9-10H2,1-2H3. The van der Waals surface area contributed by atoms with Crippen molar-refractivity contribution in [3.63, 3.8) is 0 Å². The van der Waals surface area contributed by atoms with Crippen LogP contribution >= 0.6 is 20.7 Å². The summed E-state index contributed by atoms with van der Waals surface area (Å²) in [5, 5.41) is 0. The van der Waals surface area contributed by atoms with E-state index in [-0.39, 0.29) is 9.27 Å². The van der Waals surface area contributed by atoms with Gasteiger partial charge in [-0.2, -0.15) is 0 Å². The van der Waals surface area contributed by atoms with E-state index in [1.165, 1.54) is 7.11 Å². The Morgan fingerprint density at radius 1 is 1.10 bits per heavy atom. The Morgan fingerprint density at radius 3 is 2.31 bits per heavy atom. The van der Waals surface area contributed by atoms with Crippen LogP contribution in [-0.2, 0) is 23.8 Å². The average molecular weight is 511 g/mol. The van der Waals surface area contributed by atoms with Crippen molar-refractivity contribution >= 4 is 42.1 Å². The fourth-order valence-corrected chi connectivity index (χ4v) is 5.36. The van der Waals surface area contributed by atoms with Gasteiger partial charge < -0.3 is 18.6 Å². The first-order valence-corrected chi connectivity index (χ1v) is 11.2. The highest BCUT2D eigenvalue weighted by Crippen LogP contribution is 2.38. The van der Waals surface area contributed by atoms with E-state index < -0.39 is 44.4 Å². The summed E-state index contributed by atoms with van der Waals surface area (Å²) in [5.74, 6) is -2.43. The van der Waals surface area contributed by atoms with Crippen LogP contribution in [0.3, 0.4) is 0 Å². The Hall–Kier alpha value is -2.56. The van der Waals surface area contributed by atoms with E-state index in [1.807, 2.05) is 0 Å². The van der Waals surface area contributed by atoms with Crippen molar-refractivity contribution < 1.29 is 33.0 Å². The molecule has 2 fully saturated rings. The molecule has 0 N–H and O–H groups in total. The lowest BCUT2D eigenvalue weighted by Gasteiger charge is -2.32. The highest BCUT2D eigenvalue weighted by molar-refractivity contribution is 14.2. The number of oxazole rings is 1. The Bertz CT molecular complexity index is 994. The number of carbonyl (C=O) groups excluding carboxylic acids is 3. The summed E-state index contributed by atoms with van der Waals surface area (Å²) in [5.41, 5.74) is 1.05. The van der Waals surface area contributed by atoms with Gasteiger partial charge in [-0.15, -0.1) is 0 Å². The predicted molar refractivity (Wildman–Crippen MR) is 109 cm³/mol. The molecule has 4 rings (SSSR count). The largest absolute Gasteiger partial charge is 0.463 e. The number of hydrogen-bond acceptors (Lipinski definition) is 8. The van der Waals surface area contributed by atoms with E-state index in [9.17, 15) is 14.4 Å². The zero-order valence-electron chi connectivity index (χ0n) is 15.8. The quantitative estimate of drug-likeness (QED) is 0.458. The second-order valence-electron chi connectivity index (χ2n) is 6.71. The molecule has 1 aromatic heterocycles. The number of aromatic nitrogens is 1. The van der Waals surface area contributed by atoms with E-state index in [2.05, 4.69) is 4.98 Å². The molecule has 0 unspecified atom stereocenters. The molecule has 29 heavy (non-hydrogen) atoms. The van der Waals surface area contributed by atoms with Crippen molar-refractivity contribution in [1.29, 1.82) is 0 Å². The first kappa shape index (κ1) is 19.7. The first-order chi connectivity index (χ1) is 13.9. The zero-order chi connectivity index (χ0) is 20.6. The number of methoxy groups -OCH3 is 1. The van der Waals surface area contributed by atoms with Gasteiger partial charge >= 0.3 is 17.9 Å². The third kappa shape index (κ3) is 3.83. The number of ether oxygens (including phenoxy) is 3. The van der Waals surface area contributed by atoms with Crippen LogP contribution in [0.4, 0.5) is 0 Å². The maximum Gasteiger partial charge on any atom is 0.376 e. The summed E-state index contributed by atoms with van der Waals surface area (Å²) >= 11 is -1.08. The first-order valence-electron chi connectivity index (χ1n) is 9.05. The highest BCUT2D eigenvalue weighted by Gasteiger charge is 2.48. The van der Waals surface area contributed by atoms with E-state index in [0.29, 0.717) is 30.0 Å². The molecule has 1 spiro atoms. The molecule has 2 heterocycles. The monoisotopic (exact) mass is 511 g/mol. The predicted octanol–water partition coefficient (Wildman–Crippen LogP) is 3.12. The van der Waals surface area contributed by atoms with Crippen molar-refractivity contribution in [3.05, 3.63) is 39.5 Å². The van der Waals surface area contributed by atoms with Gasteiger partial charge in [-0.05, 0) is 25.0 Å². The summed E-state index contributed by atoms with van der Waals surface area (Å²) in [7, 11) is 1.27. The van der Waals surface area contributed by atoms with Crippen LogP contribution in [0, 0.1) is 10.5 Å². The third-order valence-electron chi connectivity index (χ3n) is 4.71. The molecule has 2 aromatic rings. The third-order valence-corrected chi connectivity index (χ3v) is 7.47. The normalized spacial score (nSPS) is 17.9. The molecule has 152 valence electrons. The van der Waals surface area contributed by atoms with Crippen LogP contribution in [0.1, 0.15) is 42.1 Å². The summed E-state index contributed by atoms with van der Waals surface area (Å²) in [4.78, 5) is 40.9. The average Bonchev–Trinajstić information content (AvgIpc) is 3.31. The van der Waals surface area contributed by atoms with Gasteiger partial charge in [-0.3, -0.25) is 0 Å². The summed E-state index contributed by atoms with van der Waals surface area (Å²) in [6.07, 6.45) is 2.87. The number of benzene rings is 1. The van der Waals surface area contributed by atoms with Gasteiger partial charge in [-0.25, -0.2) is 19.4 Å². The van der Waals surface area contributed by atoms with Crippen LogP contribution in [0.2, 0.25) is 0 Å². The molecule has 1 aliphatic heterocycles. The molecular formula is C20H18INO7. The van der Waals surface area contributed by atoms with Gasteiger partial charge in [0.05, 0.1) is 7.11 Å². The van der Waals surface area contributed by atoms with Crippen LogP contribution in [0.25, 0.3) is 11.3 Å². The van der Waals surface area contributed by atoms with Gasteiger partial charge in [0.15, 0.2) is 9.40 Å².